The van der Waals surface area contributed by atoms with Crippen LogP contribution in [0.25, 0.3) is 0 Å². The largest absolute Gasteiger partial charge is 0.363 e. The molecule has 2 aromatic rings. The molecule has 0 unspecified atom stereocenters. The number of hydrogen-bond donors (Lipinski definition) is 4. The fourth-order valence-electron chi connectivity index (χ4n) is 7.61. The summed E-state index contributed by atoms with van der Waals surface area (Å²) >= 11 is 1.68. The van der Waals surface area contributed by atoms with Crippen molar-refractivity contribution >= 4 is 29.5 Å². The van der Waals surface area contributed by atoms with Crippen molar-refractivity contribution < 1.29 is 23.9 Å². The fourth-order valence-corrected chi connectivity index (χ4v) is 9.18. The van der Waals surface area contributed by atoms with Crippen molar-refractivity contribution in [2.75, 3.05) is 26.0 Å². The molecule has 0 bridgehead atoms. The van der Waals surface area contributed by atoms with Crippen LogP contribution >= 0.6 is 11.8 Å². The number of carbonyl (C=O) groups excluding carboxylic acids is 3. The maximum atomic E-state index is 14.3. The van der Waals surface area contributed by atoms with E-state index in [2.05, 4.69) is 45.7 Å². The Balaban J connectivity index is 1.08. The van der Waals surface area contributed by atoms with Gasteiger partial charge in [-0.15, -0.1) is 11.8 Å². The van der Waals surface area contributed by atoms with Crippen LogP contribution in [0.3, 0.4) is 0 Å². The molecule has 3 amide bonds. The van der Waals surface area contributed by atoms with E-state index in [1.54, 1.807) is 30.6 Å². The number of rotatable bonds is 9. The van der Waals surface area contributed by atoms with Crippen LogP contribution in [0, 0.1) is 29.1 Å². The summed E-state index contributed by atoms with van der Waals surface area (Å²) in [5, 5.41) is 8.98. The molecule has 2 fully saturated rings. The Morgan fingerprint density at radius 2 is 1.60 bits per heavy atom. The van der Waals surface area contributed by atoms with Crippen LogP contribution in [0.15, 0.2) is 48.5 Å². The fraction of sp³-hybridized carbons (Fsp3) is 0.513. The number of amides is 3. The third kappa shape index (κ3) is 7.58. The molecule has 10 nitrogen and oxygen atoms in total. The molecule has 5 N–H and O–H groups in total. The Morgan fingerprint density at radius 3 is 2.28 bits per heavy atom. The average molecular weight is 698 g/mol. The van der Waals surface area contributed by atoms with Gasteiger partial charge in [-0.1, -0.05) is 74.2 Å². The van der Waals surface area contributed by atoms with Crippen LogP contribution in [0.1, 0.15) is 68.0 Å². The van der Waals surface area contributed by atoms with E-state index in [1.807, 2.05) is 56.3 Å². The van der Waals surface area contributed by atoms with Gasteiger partial charge < -0.3 is 36.1 Å². The number of thioether (sulfide) groups is 1. The van der Waals surface area contributed by atoms with E-state index >= 15 is 0 Å². The van der Waals surface area contributed by atoms with Gasteiger partial charge in [0.05, 0.1) is 35.7 Å². The SMILES string of the molecule is CN[C@@H](C)C(=O)N[C@H]1CCS[C@H]2CC(C)(C)[C@@H](C(=O)N[C@H]3c4ccccc4C[C@H]3OCC#CC#CCO[C@@H]3Cc4ccccc4[C@@H]3N)N2C1=O. The Kier molecular flexibility index (Phi) is 11.2. The maximum Gasteiger partial charge on any atom is 0.246 e. The molecule has 2 aliphatic carbocycles. The monoisotopic (exact) mass is 697 g/mol. The van der Waals surface area contributed by atoms with Gasteiger partial charge in [0, 0.05) is 12.8 Å². The molecule has 0 radical (unpaired) electrons. The summed E-state index contributed by atoms with van der Waals surface area (Å²) in [6.07, 6.45) is 2.17. The lowest BCUT2D eigenvalue weighted by Crippen LogP contribution is -2.58. The lowest BCUT2D eigenvalue weighted by Gasteiger charge is -2.35. The molecule has 0 saturated carbocycles. The van der Waals surface area contributed by atoms with Gasteiger partial charge in [-0.2, -0.15) is 0 Å². The molecule has 6 rings (SSSR count). The highest BCUT2D eigenvalue weighted by Crippen LogP contribution is 2.47. The third-order valence-electron chi connectivity index (χ3n) is 10.4. The minimum Gasteiger partial charge on any atom is -0.363 e. The molecule has 2 saturated heterocycles. The lowest BCUT2D eigenvalue weighted by molar-refractivity contribution is -0.144. The highest BCUT2D eigenvalue weighted by Gasteiger charge is 2.55. The zero-order valence-corrected chi connectivity index (χ0v) is 30.0. The van der Waals surface area contributed by atoms with Gasteiger partial charge in [0.15, 0.2) is 0 Å². The zero-order chi connectivity index (χ0) is 35.4. The van der Waals surface area contributed by atoms with Crippen molar-refractivity contribution in [1.82, 2.24) is 20.9 Å². The first-order chi connectivity index (χ1) is 24.1. The van der Waals surface area contributed by atoms with Crippen molar-refractivity contribution in [2.24, 2.45) is 11.1 Å². The zero-order valence-electron chi connectivity index (χ0n) is 29.2. The predicted molar refractivity (Wildman–Crippen MR) is 193 cm³/mol. The lowest BCUT2D eigenvalue weighted by atomic mass is 9.83. The Morgan fingerprint density at radius 1 is 0.980 bits per heavy atom. The first kappa shape index (κ1) is 36.0. The minimum atomic E-state index is -0.703. The van der Waals surface area contributed by atoms with Crippen molar-refractivity contribution in [2.45, 2.75) is 94.2 Å². The smallest absolute Gasteiger partial charge is 0.246 e. The van der Waals surface area contributed by atoms with Crippen molar-refractivity contribution in [3.05, 3.63) is 70.8 Å². The van der Waals surface area contributed by atoms with Crippen LogP contribution in [-0.4, -0.2) is 84.3 Å². The van der Waals surface area contributed by atoms with Crippen LogP contribution < -0.4 is 21.7 Å². The number of likely N-dealkylation sites (N-methyl/N-ethyl adjacent to an activating group) is 1. The number of carbonyl (C=O) groups is 3. The van der Waals surface area contributed by atoms with E-state index < -0.39 is 29.6 Å². The normalized spacial score (nSPS) is 28.1. The quantitative estimate of drug-likeness (QED) is 0.294. The number of nitrogens with two attached hydrogens (primary N) is 1. The van der Waals surface area contributed by atoms with Crippen LogP contribution in [0.5, 0.6) is 0 Å². The molecule has 4 aliphatic rings. The predicted octanol–water partition coefficient (Wildman–Crippen LogP) is 2.62. The van der Waals surface area contributed by atoms with Crippen molar-refractivity contribution in [3.63, 3.8) is 0 Å². The number of benzene rings is 2. The summed E-state index contributed by atoms with van der Waals surface area (Å²) in [6.45, 7) is 6.22. The first-order valence-electron chi connectivity index (χ1n) is 17.4. The summed E-state index contributed by atoms with van der Waals surface area (Å²) in [4.78, 5) is 42.7. The second-order valence-electron chi connectivity index (χ2n) is 14.1. The van der Waals surface area contributed by atoms with E-state index in [0.29, 0.717) is 25.0 Å². The summed E-state index contributed by atoms with van der Waals surface area (Å²) in [7, 11) is 1.71. The maximum absolute atomic E-state index is 14.3. The van der Waals surface area contributed by atoms with E-state index in [9.17, 15) is 14.4 Å². The van der Waals surface area contributed by atoms with E-state index in [-0.39, 0.29) is 54.6 Å². The van der Waals surface area contributed by atoms with Gasteiger partial charge in [-0.05, 0) is 72.1 Å². The van der Waals surface area contributed by atoms with E-state index in [1.165, 1.54) is 5.56 Å². The second-order valence-corrected chi connectivity index (χ2v) is 15.4. The number of nitrogens with one attached hydrogen (secondary N) is 3. The number of nitrogens with zero attached hydrogens (tertiary/aromatic N) is 1. The Labute approximate surface area is 299 Å². The first-order valence-corrected chi connectivity index (χ1v) is 18.5. The number of ether oxygens (including phenoxy) is 2. The van der Waals surface area contributed by atoms with Gasteiger partial charge in [0.1, 0.15) is 25.3 Å². The second kappa shape index (κ2) is 15.6. The summed E-state index contributed by atoms with van der Waals surface area (Å²) in [6, 6.07) is 13.8. The van der Waals surface area contributed by atoms with Gasteiger partial charge in [0.25, 0.3) is 0 Å². The highest BCUT2D eigenvalue weighted by atomic mass is 32.2. The number of fused-ring (bicyclic) bond motifs is 3. The van der Waals surface area contributed by atoms with E-state index in [0.717, 1.165) is 23.1 Å². The average Bonchev–Trinajstić information content (AvgIpc) is 3.68. The molecule has 0 aromatic heterocycles. The number of hydrogen-bond acceptors (Lipinski definition) is 8. The molecular weight excluding hydrogens is 651 g/mol. The highest BCUT2D eigenvalue weighted by molar-refractivity contribution is 7.99. The molecule has 50 heavy (non-hydrogen) atoms. The van der Waals surface area contributed by atoms with Gasteiger partial charge in [-0.25, -0.2) is 0 Å². The summed E-state index contributed by atoms with van der Waals surface area (Å²) in [5.74, 6) is 11.7. The summed E-state index contributed by atoms with van der Waals surface area (Å²) in [5.41, 5.74) is 10.3. The molecular formula is C39H47N5O5S. The van der Waals surface area contributed by atoms with E-state index in [4.69, 9.17) is 15.2 Å². The van der Waals surface area contributed by atoms with Gasteiger partial charge >= 0.3 is 0 Å². The molecule has 8 atom stereocenters. The van der Waals surface area contributed by atoms with Crippen LogP contribution in [-0.2, 0) is 36.7 Å². The molecule has 264 valence electrons. The van der Waals surface area contributed by atoms with Crippen LogP contribution in [0.2, 0.25) is 0 Å². The third-order valence-corrected chi connectivity index (χ3v) is 11.6. The molecule has 2 aliphatic heterocycles. The summed E-state index contributed by atoms with van der Waals surface area (Å²) < 4.78 is 12.2. The molecule has 11 heteroatoms. The van der Waals surface area contributed by atoms with Crippen molar-refractivity contribution in [3.8, 4) is 23.7 Å². The van der Waals surface area contributed by atoms with Crippen LogP contribution in [0.4, 0.5) is 0 Å². The Bertz CT molecular complexity index is 1730. The molecule has 2 heterocycles. The molecule has 0 spiro atoms. The Hall–Kier alpha value is -3.84. The minimum absolute atomic E-state index is 0.0967. The van der Waals surface area contributed by atoms with Crippen molar-refractivity contribution in [1.29, 1.82) is 0 Å². The van der Waals surface area contributed by atoms with Gasteiger partial charge in [-0.3, -0.25) is 14.4 Å². The van der Waals surface area contributed by atoms with Gasteiger partial charge in [0.2, 0.25) is 17.7 Å². The molecule has 2 aromatic carbocycles. The standard InChI is InChI=1S/C39H47N5O5S/c1-24(41-4)36(45)42-29-17-20-50-32-23-39(2,3)35(44(32)38(29)47)37(46)43-34-28-16-10-8-14-26(28)22-31(34)49-19-12-6-5-11-18-48-30-21-25-13-7-9-15-27(25)33(30)40/h7-10,13-16,24,29-35,41H,17-23,40H2,1-4H3,(H,42,45)(H,43,46)/t24-,29-,30+,31+,32-,33-,34-,35+/m0/s1. The topological polar surface area (TPSA) is 135 Å².